The first-order valence-corrected chi connectivity index (χ1v) is 7.68. The van der Waals surface area contributed by atoms with Crippen molar-refractivity contribution >= 4 is 0 Å². The second kappa shape index (κ2) is 5.76. The van der Waals surface area contributed by atoms with E-state index >= 15 is 0 Å². The first kappa shape index (κ1) is 13.8. The predicted octanol–water partition coefficient (Wildman–Crippen LogP) is 3.28. The largest absolute Gasteiger partial charge is 0.454 e. The molecule has 0 radical (unpaired) electrons. The lowest BCUT2D eigenvalue weighted by molar-refractivity contribution is 0.174. The SMILES string of the molecule is CCc1ccc(-c2nccn2Cc2ccc3c(c2)OCO3)nc1. The molecule has 3 aromatic rings. The third-order valence-corrected chi connectivity index (χ3v) is 3.97. The van der Waals surface area contributed by atoms with Crippen LogP contribution in [0.2, 0.25) is 0 Å². The quantitative estimate of drug-likeness (QED) is 0.742. The highest BCUT2D eigenvalue weighted by Crippen LogP contribution is 2.33. The summed E-state index contributed by atoms with van der Waals surface area (Å²) < 4.78 is 12.9. The lowest BCUT2D eigenvalue weighted by atomic mass is 10.2. The van der Waals surface area contributed by atoms with E-state index in [0.717, 1.165) is 35.0 Å². The number of aryl methyl sites for hydroxylation is 1. The fourth-order valence-electron chi connectivity index (χ4n) is 2.67. The van der Waals surface area contributed by atoms with E-state index in [-0.39, 0.29) is 0 Å². The van der Waals surface area contributed by atoms with Crippen LogP contribution in [0.5, 0.6) is 11.5 Å². The molecule has 0 atom stereocenters. The molecule has 0 unspecified atom stereocenters. The van der Waals surface area contributed by atoms with Gasteiger partial charge >= 0.3 is 0 Å². The Labute approximate surface area is 134 Å². The van der Waals surface area contributed by atoms with Crippen LogP contribution in [-0.4, -0.2) is 21.3 Å². The summed E-state index contributed by atoms with van der Waals surface area (Å²) in [6.07, 6.45) is 6.67. The normalized spacial score (nSPS) is 12.6. The number of ether oxygens (including phenoxy) is 2. The maximum atomic E-state index is 5.44. The summed E-state index contributed by atoms with van der Waals surface area (Å²) in [5.74, 6) is 2.47. The van der Waals surface area contributed by atoms with Gasteiger partial charge in [-0.05, 0) is 35.7 Å². The Hall–Kier alpha value is -2.82. The van der Waals surface area contributed by atoms with Gasteiger partial charge < -0.3 is 14.0 Å². The van der Waals surface area contributed by atoms with Crippen molar-refractivity contribution in [1.29, 1.82) is 0 Å². The second-order valence-corrected chi connectivity index (χ2v) is 5.47. The van der Waals surface area contributed by atoms with Crippen molar-refractivity contribution in [3.05, 3.63) is 60.0 Å². The average molecular weight is 307 g/mol. The number of pyridine rings is 1. The van der Waals surface area contributed by atoms with Crippen molar-refractivity contribution in [3.63, 3.8) is 0 Å². The monoisotopic (exact) mass is 307 g/mol. The minimum atomic E-state index is 0.294. The van der Waals surface area contributed by atoms with Crippen LogP contribution in [0.3, 0.4) is 0 Å². The van der Waals surface area contributed by atoms with Gasteiger partial charge in [-0.2, -0.15) is 0 Å². The zero-order chi connectivity index (χ0) is 15.6. The van der Waals surface area contributed by atoms with Gasteiger partial charge in [0.15, 0.2) is 17.3 Å². The number of imidazole rings is 1. The average Bonchev–Trinajstić information content (AvgIpc) is 3.23. The van der Waals surface area contributed by atoms with Crippen molar-refractivity contribution in [3.8, 4) is 23.0 Å². The van der Waals surface area contributed by atoms with Crippen molar-refractivity contribution in [2.24, 2.45) is 0 Å². The van der Waals surface area contributed by atoms with Crippen molar-refractivity contribution < 1.29 is 9.47 Å². The number of fused-ring (bicyclic) bond motifs is 1. The van der Waals surface area contributed by atoms with Crippen LogP contribution < -0.4 is 9.47 Å². The predicted molar refractivity (Wildman–Crippen MR) is 86.5 cm³/mol. The lowest BCUT2D eigenvalue weighted by Gasteiger charge is -2.09. The van der Waals surface area contributed by atoms with E-state index in [1.165, 1.54) is 5.56 Å². The molecule has 23 heavy (non-hydrogen) atoms. The van der Waals surface area contributed by atoms with E-state index in [1.807, 2.05) is 36.7 Å². The highest BCUT2D eigenvalue weighted by molar-refractivity contribution is 5.51. The minimum Gasteiger partial charge on any atom is -0.454 e. The Kier molecular flexibility index (Phi) is 3.46. The summed E-state index contributed by atoms with van der Waals surface area (Å²) in [4.78, 5) is 8.98. The molecule has 4 rings (SSSR count). The van der Waals surface area contributed by atoms with Crippen molar-refractivity contribution in [2.75, 3.05) is 6.79 Å². The molecule has 0 N–H and O–H groups in total. The summed E-state index contributed by atoms with van der Waals surface area (Å²) >= 11 is 0. The van der Waals surface area contributed by atoms with Gasteiger partial charge in [0.25, 0.3) is 0 Å². The number of nitrogens with zero attached hydrogens (tertiary/aromatic N) is 3. The molecule has 0 aliphatic carbocycles. The van der Waals surface area contributed by atoms with Gasteiger partial charge in [0.05, 0.1) is 0 Å². The molecule has 3 heterocycles. The molecule has 1 aliphatic heterocycles. The van der Waals surface area contributed by atoms with E-state index in [1.54, 1.807) is 6.20 Å². The molecular weight excluding hydrogens is 290 g/mol. The van der Waals surface area contributed by atoms with Crippen LogP contribution >= 0.6 is 0 Å². The smallest absolute Gasteiger partial charge is 0.231 e. The number of rotatable bonds is 4. The summed E-state index contributed by atoms with van der Waals surface area (Å²) in [6, 6.07) is 10.1. The Morgan fingerprint density at radius 3 is 2.74 bits per heavy atom. The molecule has 2 aromatic heterocycles. The molecule has 0 fully saturated rings. The van der Waals surface area contributed by atoms with Gasteiger partial charge in [0.1, 0.15) is 5.69 Å². The number of hydrogen-bond donors (Lipinski definition) is 0. The van der Waals surface area contributed by atoms with Gasteiger partial charge in [0, 0.05) is 25.1 Å². The van der Waals surface area contributed by atoms with E-state index in [4.69, 9.17) is 9.47 Å². The van der Waals surface area contributed by atoms with Crippen LogP contribution in [0.15, 0.2) is 48.9 Å². The van der Waals surface area contributed by atoms with Crippen LogP contribution in [-0.2, 0) is 13.0 Å². The highest BCUT2D eigenvalue weighted by atomic mass is 16.7. The minimum absolute atomic E-state index is 0.294. The van der Waals surface area contributed by atoms with E-state index in [0.29, 0.717) is 13.3 Å². The Morgan fingerprint density at radius 2 is 1.91 bits per heavy atom. The third kappa shape index (κ3) is 2.65. The van der Waals surface area contributed by atoms with Gasteiger partial charge in [-0.25, -0.2) is 4.98 Å². The third-order valence-electron chi connectivity index (χ3n) is 3.97. The fraction of sp³-hybridized carbons (Fsp3) is 0.222. The van der Waals surface area contributed by atoms with Crippen LogP contribution in [0.1, 0.15) is 18.1 Å². The van der Waals surface area contributed by atoms with Gasteiger partial charge in [-0.3, -0.25) is 4.98 Å². The molecule has 0 spiro atoms. The second-order valence-electron chi connectivity index (χ2n) is 5.47. The van der Waals surface area contributed by atoms with E-state index < -0.39 is 0 Å². The summed E-state index contributed by atoms with van der Waals surface area (Å²) in [5, 5.41) is 0. The lowest BCUT2D eigenvalue weighted by Crippen LogP contribution is -2.02. The first-order chi connectivity index (χ1) is 11.3. The zero-order valence-electron chi connectivity index (χ0n) is 12.9. The van der Waals surface area contributed by atoms with Crippen molar-refractivity contribution in [1.82, 2.24) is 14.5 Å². The molecule has 1 aromatic carbocycles. The van der Waals surface area contributed by atoms with Crippen LogP contribution in [0.25, 0.3) is 11.5 Å². The molecule has 5 nitrogen and oxygen atoms in total. The summed E-state index contributed by atoms with van der Waals surface area (Å²) in [7, 11) is 0. The van der Waals surface area contributed by atoms with Gasteiger partial charge in [-0.15, -0.1) is 0 Å². The number of benzene rings is 1. The van der Waals surface area contributed by atoms with Gasteiger partial charge in [0.2, 0.25) is 6.79 Å². The number of hydrogen-bond acceptors (Lipinski definition) is 4. The molecule has 0 bridgehead atoms. The maximum Gasteiger partial charge on any atom is 0.231 e. The molecule has 0 saturated carbocycles. The Bertz CT molecular complexity index is 825. The van der Waals surface area contributed by atoms with Gasteiger partial charge in [-0.1, -0.05) is 19.1 Å². The maximum absolute atomic E-state index is 5.44. The van der Waals surface area contributed by atoms with E-state index in [2.05, 4.69) is 27.5 Å². The molecule has 1 aliphatic rings. The number of aromatic nitrogens is 3. The molecular formula is C18H17N3O2. The molecule has 5 heteroatoms. The standard InChI is InChI=1S/C18H17N3O2/c1-2-13-3-5-15(20-10-13)18-19-7-8-21(18)11-14-4-6-16-17(9-14)23-12-22-16/h3-10H,2,11-12H2,1H3. The van der Waals surface area contributed by atoms with Crippen LogP contribution in [0, 0.1) is 0 Å². The summed E-state index contributed by atoms with van der Waals surface area (Å²) in [6.45, 7) is 3.13. The first-order valence-electron chi connectivity index (χ1n) is 7.68. The Balaban J connectivity index is 1.61. The Morgan fingerprint density at radius 1 is 1.04 bits per heavy atom. The van der Waals surface area contributed by atoms with Crippen molar-refractivity contribution in [2.45, 2.75) is 19.9 Å². The summed E-state index contributed by atoms with van der Waals surface area (Å²) in [5.41, 5.74) is 3.24. The van der Waals surface area contributed by atoms with Crippen LogP contribution in [0.4, 0.5) is 0 Å². The van der Waals surface area contributed by atoms with E-state index in [9.17, 15) is 0 Å². The molecule has 116 valence electrons. The highest BCUT2D eigenvalue weighted by Gasteiger charge is 2.14. The molecule has 0 amide bonds. The fourth-order valence-corrected chi connectivity index (χ4v) is 2.67. The zero-order valence-corrected chi connectivity index (χ0v) is 12.9. The topological polar surface area (TPSA) is 49.2 Å². The molecule has 0 saturated heterocycles.